The molecule has 0 saturated carbocycles. The lowest BCUT2D eigenvalue weighted by Crippen LogP contribution is -2.10. The molecule has 0 saturated heterocycles. The van der Waals surface area contributed by atoms with Gasteiger partial charge in [-0.25, -0.2) is 0 Å². The molecule has 0 N–H and O–H groups in total. The lowest BCUT2D eigenvalue weighted by atomic mass is 9.93. The van der Waals surface area contributed by atoms with Gasteiger partial charge in [0.25, 0.3) is 0 Å². The Morgan fingerprint density at radius 1 is 0.348 bits per heavy atom. The summed E-state index contributed by atoms with van der Waals surface area (Å²) in [6, 6.07) is 62.0. The van der Waals surface area contributed by atoms with Crippen molar-refractivity contribution in [3.05, 3.63) is 170 Å². The fourth-order valence-corrected chi connectivity index (χ4v) is 7.78. The van der Waals surface area contributed by atoms with Gasteiger partial charge < -0.3 is 9.47 Å². The first-order valence-electron chi connectivity index (χ1n) is 15.9. The molecule has 0 unspecified atom stereocenters. The lowest BCUT2D eigenvalue weighted by Gasteiger charge is -2.27. The van der Waals surface area contributed by atoms with Gasteiger partial charge >= 0.3 is 0 Å². The molecule has 0 radical (unpaired) electrons. The monoisotopic (exact) mass is 584 g/mol. The van der Waals surface area contributed by atoms with Crippen molar-refractivity contribution in [1.82, 2.24) is 4.57 Å². The van der Waals surface area contributed by atoms with Crippen LogP contribution in [-0.2, 0) is 0 Å². The molecule has 9 aromatic rings. The Kier molecular flexibility index (Phi) is 5.31. The first-order chi connectivity index (χ1) is 22.8. The molecule has 0 spiro atoms. The average molecular weight is 585 g/mol. The third-order valence-corrected chi connectivity index (χ3v) is 9.66. The Balaban J connectivity index is 1.36. The van der Waals surface area contributed by atoms with E-state index in [2.05, 4.69) is 179 Å². The number of rotatable bonds is 4. The van der Waals surface area contributed by atoms with Crippen LogP contribution in [0.25, 0.3) is 71.3 Å². The predicted molar refractivity (Wildman–Crippen MR) is 195 cm³/mol. The molecule has 214 valence electrons. The molecule has 1 aliphatic carbocycles. The van der Waals surface area contributed by atoms with Crippen molar-refractivity contribution < 1.29 is 0 Å². The van der Waals surface area contributed by atoms with Crippen LogP contribution in [0.5, 0.6) is 0 Å². The van der Waals surface area contributed by atoms with Gasteiger partial charge in [-0.05, 0) is 86.9 Å². The van der Waals surface area contributed by atoms with Gasteiger partial charge in [0.2, 0.25) is 0 Å². The van der Waals surface area contributed by atoms with E-state index in [1.54, 1.807) is 0 Å². The Hall–Kier alpha value is -6.12. The highest BCUT2D eigenvalue weighted by atomic mass is 15.1. The summed E-state index contributed by atoms with van der Waals surface area (Å²) in [7, 11) is 0. The maximum atomic E-state index is 2.51. The normalized spacial score (nSPS) is 11.9. The van der Waals surface area contributed by atoms with Gasteiger partial charge in [-0.15, -0.1) is 0 Å². The number of aromatic nitrogens is 1. The van der Waals surface area contributed by atoms with Crippen LogP contribution < -0.4 is 4.90 Å². The quantitative estimate of drug-likeness (QED) is 0.200. The average Bonchev–Trinajstić information content (AvgIpc) is 3.40. The molecule has 10 rings (SSSR count). The highest BCUT2D eigenvalue weighted by molar-refractivity contribution is 6.30. The fourth-order valence-electron chi connectivity index (χ4n) is 7.78. The Morgan fingerprint density at radius 2 is 0.913 bits per heavy atom. The maximum absolute atomic E-state index is 2.51. The van der Waals surface area contributed by atoms with Crippen LogP contribution >= 0.6 is 0 Å². The highest BCUT2D eigenvalue weighted by Crippen LogP contribution is 2.50. The van der Waals surface area contributed by atoms with E-state index in [-0.39, 0.29) is 0 Å². The van der Waals surface area contributed by atoms with Crippen LogP contribution in [-0.4, -0.2) is 4.57 Å². The minimum Gasteiger partial charge on any atom is -0.310 e. The summed E-state index contributed by atoms with van der Waals surface area (Å²) in [4.78, 5) is 2.36. The van der Waals surface area contributed by atoms with E-state index in [9.17, 15) is 0 Å². The van der Waals surface area contributed by atoms with E-state index in [1.165, 1.54) is 71.3 Å². The zero-order valence-corrected chi connectivity index (χ0v) is 25.1. The van der Waals surface area contributed by atoms with Crippen molar-refractivity contribution in [3.8, 4) is 27.9 Å². The Labute approximate surface area is 267 Å². The maximum Gasteiger partial charge on any atom is 0.0561 e. The number of anilines is 3. The van der Waals surface area contributed by atoms with E-state index in [0.717, 1.165) is 17.1 Å². The minimum atomic E-state index is 1.12. The first kappa shape index (κ1) is 25.2. The summed E-state index contributed by atoms with van der Waals surface area (Å²) in [5.41, 5.74) is 12.2. The molecule has 0 bridgehead atoms. The molecule has 1 heterocycles. The van der Waals surface area contributed by atoms with Gasteiger partial charge in [-0.3, -0.25) is 0 Å². The first-order valence-corrected chi connectivity index (χ1v) is 15.9. The van der Waals surface area contributed by atoms with E-state index in [0.29, 0.717) is 0 Å². The third kappa shape index (κ3) is 3.53. The Bertz CT molecular complexity index is 2590. The summed E-state index contributed by atoms with van der Waals surface area (Å²) in [6.45, 7) is 0. The van der Waals surface area contributed by atoms with Crippen molar-refractivity contribution >= 4 is 60.4 Å². The zero-order chi connectivity index (χ0) is 30.2. The second-order valence-electron chi connectivity index (χ2n) is 12.1. The molecule has 1 aromatic heterocycles. The second-order valence-corrected chi connectivity index (χ2v) is 12.1. The van der Waals surface area contributed by atoms with Crippen LogP contribution in [0, 0.1) is 0 Å². The van der Waals surface area contributed by atoms with Crippen LogP contribution in [0.3, 0.4) is 0 Å². The number of hydrogen-bond donors (Lipinski definition) is 0. The van der Waals surface area contributed by atoms with E-state index in [4.69, 9.17) is 0 Å². The van der Waals surface area contributed by atoms with Crippen molar-refractivity contribution in [3.63, 3.8) is 0 Å². The largest absolute Gasteiger partial charge is 0.310 e. The predicted octanol–water partition coefficient (Wildman–Crippen LogP) is 12.2. The smallest absolute Gasteiger partial charge is 0.0561 e. The second kappa shape index (κ2) is 9.69. The van der Waals surface area contributed by atoms with Gasteiger partial charge in [0.05, 0.1) is 16.7 Å². The van der Waals surface area contributed by atoms with E-state index < -0.39 is 0 Å². The fraction of sp³-hybridized carbons (Fsp3) is 0. The lowest BCUT2D eigenvalue weighted by molar-refractivity contribution is 1.19. The summed E-state index contributed by atoms with van der Waals surface area (Å²) in [5, 5.41) is 7.68. The summed E-state index contributed by atoms with van der Waals surface area (Å²) in [6.07, 6.45) is 0. The number of fused-ring (bicyclic) bond motifs is 4. The van der Waals surface area contributed by atoms with Gasteiger partial charge in [-0.1, -0.05) is 121 Å². The standard InChI is InChI=1S/C44H28N2/c1-3-15-31(16-4-1)45(32-17-5-2-6-18-32)33-27-30-13-7-8-19-34(30)41(28-33)46-39-24-12-23-38-36-21-10-9-20-35(36)37-22-11-14-29-25-26-40(46)44(42(29)37)43(38)39/h1-28H. The van der Waals surface area contributed by atoms with Gasteiger partial charge in [0.1, 0.15) is 0 Å². The SMILES string of the molecule is c1ccc(N(c2ccccc2)c2cc(-n3c4cccc5c4c4c6c(cccc6ccc43)-c3ccccc3-5)c3ccccc3c2)cc1. The number of para-hydroxylation sites is 2. The minimum absolute atomic E-state index is 1.12. The molecule has 8 aromatic carbocycles. The van der Waals surface area contributed by atoms with Crippen LogP contribution in [0.1, 0.15) is 0 Å². The van der Waals surface area contributed by atoms with Crippen LogP contribution in [0.4, 0.5) is 17.1 Å². The van der Waals surface area contributed by atoms with E-state index in [1.807, 2.05) is 0 Å². The summed E-state index contributed by atoms with van der Waals surface area (Å²) < 4.78 is 2.51. The molecular formula is C44H28N2. The van der Waals surface area contributed by atoms with Crippen LogP contribution in [0.15, 0.2) is 170 Å². The third-order valence-electron chi connectivity index (χ3n) is 9.66. The zero-order valence-electron chi connectivity index (χ0n) is 25.1. The molecule has 2 heteroatoms. The number of hydrogen-bond acceptors (Lipinski definition) is 1. The molecule has 0 aliphatic heterocycles. The topological polar surface area (TPSA) is 8.17 Å². The van der Waals surface area contributed by atoms with Crippen molar-refractivity contribution in [1.29, 1.82) is 0 Å². The van der Waals surface area contributed by atoms with Crippen molar-refractivity contribution in [2.75, 3.05) is 4.90 Å². The summed E-state index contributed by atoms with van der Waals surface area (Å²) >= 11 is 0. The van der Waals surface area contributed by atoms with Crippen molar-refractivity contribution in [2.24, 2.45) is 0 Å². The molecule has 46 heavy (non-hydrogen) atoms. The number of nitrogens with zero attached hydrogens (tertiary/aromatic N) is 2. The van der Waals surface area contributed by atoms with Gasteiger partial charge in [-0.2, -0.15) is 0 Å². The van der Waals surface area contributed by atoms with Gasteiger partial charge in [0, 0.05) is 33.2 Å². The molecule has 0 amide bonds. The number of benzene rings is 8. The Morgan fingerprint density at radius 3 is 1.65 bits per heavy atom. The van der Waals surface area contributed by atoms with Gasteiger partial charge in [0.15, 0.2) is 0 Å². The highest BCUT2D eigenvalue weighted by Gasteiger charge is 2.25. The molecular weight excluding hydrogens is 556 g/mol. The molecule has 1 aliphatic rings. The van der Waals surface area contributed by atoms with E-state index >= 15 is 0 Å². The van der Waals surface area contributed by atoms with Crippen molar-refractivity contribution in [2.45, 2.75) is 0 Å². The summed E-state index contributed by atoms with van der Waals surface area (Å²) in [5.74, 6) is 0. The molecule has 0 fully saturated rings. The molecule has 0 atom stereocenters. The van der Waals surface area contributed by atoms with Crippen LogP contribution in [0.2, 0.25) is 0 Å². The molecule has 2 nitrogen and oxygen atoms in total.